The molecule has 0 saturated heterocycles. The number of alkyl halides is 1. The van der Waals surface area contributed by atoms with Crippen molar-refractivity contribution in [3.8, 4) is 0 Å². The summed E-state index contributed by atoms with van der Waals surface area (Å²) in [6, 6.07) is 5.46. The van der Waals surface area contributed by atoms with E-state index in [4.69, 9.17) is 0 Å². The predicted molar refractivity (Wildman–Crippen MR) is 70.2 cm³/mol. The number of benzene rings is 1. The van der Waals surface area contributed by atoms with E-state index in [2.05, 4.69) is 9.72 Å². The number of carbonyl (C=O) groups excluding carboxylic acids is 1. The minimum atomic E-state index is -0.803. The van der Waals surface area contributed by atoms with Crippen LogP contribution in [0.3, 0.4) is 0 Å². The Hall–Kier alpha value is -2.17. The number of hydrogen-bond acceptors (Lipinski definition) is 3. The normalized spacial score (nSPS) is 10.6. The molecule has 2 rings (SSSR count). The number of pyridine rings is 1. The summed E-state index contributed by atoms with van der Waals surface area (Å²) >= 11 is 0. The van der Waals surface area contributed by atoms with Gasteiger partial charge in [-0.05, 0) is 24.1 Å². The number of esters is 1. The summed E-state index contributed by atoms with van der Waals surface area (Å²) in [5, 5.41) is 0.439. The van der Waals surface area contributed by atoms with Crippen molar-refractivity contribution in [2.45, 2.75) is 13.3 Å². The van der Waals surface area contributed by atoms with Crippen molar-refractivity contribution < 1.29 is 13.9 Å². The molecular weight excluding hydrogens is 248 g/mol. The smallest absolute Gasteiger partial charge is 0.343 e. The van der Waals surface area contributed by atoms with E-state index >= 15 is 0 Å². The van der Waals surface area contributed by atoms with Crippen molar-refractivity contribution in [1.82, 2.24) is 4.98 Å². The topological polar surface area (TPSA) is 59.2 Å². The molecule has 1 aromatic heterocycles. The summed E-state index contributed by atoms with van der Waals surface area (Å²) in [5.74, 6) is -0.803. The average molecular weight is 262 g/mol. The maximum absolute atomic E-state index is 12.2. The van der Waals surface area contributed by atoms with Gasteiger partial charge in [0.25, 0.3) is 0 Å². The standard InChI is InChI=1S/C14H14FNO3/c1-2-9-3-4-12-10(7-9)13(17)11(8-16-12)14(18)19-6-5-15/h3-4,7-8H,2,5-6H2,1H3,(H,16,17)/i15-1. The van der Waals surface area contributed by atoms with E-state index in [0.717, 1.165) is 12.0 Å². The molecule has 2 aromatic rings. The summed E-state index contributed by atoms with van der Waals surface area (Å²) in [6.45, 7) is 0.872. The van der Waals surface area contributed by atoms with Gasteiger partial charge in [0.05, 0.1) is 0 Å². The third-order valence-corrected chi connectivity index (χ3v) is 2.88. The van der Waals surface area contributed by atoms with Crippen LogP contribution in [-0.2, 0) is 11.2 Å². The summed E-state index contributed by atoms with van der Waals surface area (Å²) in [4.78, 5) is 26.7. The first-order chi connectivity index (χ1) is 9.17. The Labute approximate surface area is 109 Å². The van der Waals surface area contributed by atoms with Gasteiger partial charge in [-0.2, -0.15) is 0 Å². The lowest BCUT2D eigenvalue weighted by Gasteiger charge is -2.05. The van der Waals surface area contributed by atoms with Crippen molar-refractivity contribution in [3.63, 3.8) is 0 Å². The number of aromatic amines is 1. The molecular formula is C14H14FNO3. The fraction of sp³-hybridized carbons (Fsp3) is 0.286. The highest BCUT2D eigenvalue weighted by Crippen LogP contribution is 2.12. The molecule has 5 heteroatoms. The number of fused-ring (bicyclic) bond motifs is 1. The highest BCUT2D eigenvalue weighted by molar-refractivity contribution is 5.93. The molecule has 0 atom stereocenters. The number of rotatable bonds is 4. The number of halogens is 1. The third kappa shape index (κ3) is 2.65. The number of ether oxygens (including phenoxy) is 1. The largest absolute Gasteiger partial charge is 0.459 e. The monoisotopic (exact) mass is 262 g/mol. The van der Waals surface area contributed by atoms with Gasteiger partial charge in [0.15, 0.2) is 0 Å². The molecule has 100 valence electrons. The van der Waals surface area contributed by atoms with E-state index in [0.29, 0.717) is 10.9 Å². The second-order valence-corrected chi connectivity index (χ2v) is 4.09. The van der Waals surface area contributed by atoms with Crippen molar-refractivity contribution in [2.24, 2.45) is 0 Å². The van der Waals surface area contributed by atoms with Gasteiger partial charge in [0.1, 0.15) is 18.8 Å². The van der Waals surface area contributed by atoms with Crippen molar-refractivity contribution >= 4 is 16.9 Å². The Kier molecular flexibility index (Phi) is 3.94. The summed E-state index contributed by atoms with van der Waals surface area (Å²) < 4.78 is 16.6. The van der Waals surface area contributed by atoms with Gasteiger partial charge in [-0.1, -0.05) is 13.0 Å². The highest BCUT2D eigenvalue weighted by Gasteiger charge is 2.14. The van der Waals surface area contributed by atoms with Gasteiger partial charge < -0.3 is 9.72 Å². The van der Waals surface area contributed by atoms with Crippen LogP contribution in [-0.4, -0.2) is 24.2 Å². The molecule has 1 aromatic carbocycles. The Bertz CT molecular complexity index is 663. The maximum atomic E-state index is 12.2. The highest BCUT2D eigenvalue weighted by atomic mass is 18.2. The molecule has 0 fully saturated rings. The van der Waals surface area contributed by atoms with Gasteiger partial charge in [0, 0.05) is 17.1 Å². The molecule has 1 heterocycles. The molecule has 0 bridgehead atoms. The first-order valence-corrected chi connectivity index (χ1v) is 6.04. The third-order valence-electron chi connectivity index (χ3n) is 2.88. The van der Waals surface area contributed by atoms with Gasteiger partial charge in [0.2, 0.25) is 5.43 Å². The van der Waals surface area contributed by atoms with E-state index < -0.39 is 18.1 Å². The second kappa shape index (κ2) is 5.65. The van der Waals surface area contributed by atoms with Crippen LogP contribution >= 0.6 is 0 Å². The number of nitrogens with one attached hydrogen (secondary N) is 1. The first kappa shape index (κ1) is 13.3. The number of aryl methyl sites for hydroxylation is 1. The second-order valence-electron chi connectivity index (χ2n) is 4.09. The molecule has 0 unspecified atom stereocenters. The van der Waals surface area contributed by atoms with Gasteiger partial charge >= 0.3 is 5.97 Å². The van der Waals surface area contributed by atoms with Crippen LogP contribution in [0.4, 0.5) is 4.39 Å². The molecule has 0 amide bonds. The average Bonchev–Trinajstić information content (AvgIpc) is 2.45. The number of aromatic nitrogens is 1. The molecule has 0 saturated carbocycles. The lowest BCUT2D eigenvalue weighted by Crippen LogP contribution is -2.19. The van der Waals surface area contributed by atoms with E-state index in [9.17, 15) is 14.0 Å². The molecule has 0 aliphatic rings. The minimum Gasteiger partial charge on any atom is -0.459 e. The Morgan fingerprint density at radius 3 is 2.89 bits per heavy atom. The number of carbonyl (C=O) groups is 1. The van der Waals surface area contributed by atoms with Crippen molar-refractivity contribution in [1.29, 1.82) is 0 Å². The zero-order chi connectivity index (χ0) is 13.8. The quantitative estimate of drug-likeness (QED) is 0.859. The molecule has 0 spiro atoms. The van der Waals surface area contributed by atoms with Crippen LogP contribution in [0, 0.1) is 0 Å². The van der Waals surface area contributed by atoms with Crippen molar-refractivity contribution in [2.75, 3.05) is 13.3 Å². The fourth-order valence-corrected chi connectivity index (χ4v) is 1.85. The molecule has 0 radical (unpaired) electrons. The Morgan fingerprint density at radius 1 is 1.42 bits per heavy atom. The van der Waals surface area contributed by atoms with Crippen LogP contribution in [0.5, 0.6) is 0 Å². The van der Waals surface area contributed by atoms with E-state index in [1.54, 1.807) is 12.1 Å². The Morgan fingerprint density at radius 2 is 2.21 bits per heavy atom. The Balaban J connectivity index is 2.50. The van der Waals surface area contributed by atoms with Crippen LogP contribution < -0.4 is 5.43 Å². The zero-order valence-corrected chi connectivity index (χ0v) is 10.5. The van der Waals surface area contributed by atoms with E-state index in [-0.39, 0.29) is 12.2 Å². The lowest BCUT2D eigenvalue weighted by atomic mass is 10.1. The first-order valence-electron chi connectivity index (χ1n) is 6.04. The number of H-pyrrole nitrogens is 1. The number of hydrogen-bond donors (Lipinski definition) is 1. The van der Waals surface area contributed by atoms with E-state index in [1.807, 2.05) is 13.0 Å². The molecule has 1 N–H and O–H groups in total. The van der Waals surface area contributed by atoms with Crippen LogP contribution in [0.1, 0.15) is 22.8 Å². The fourth-order valence-electron chi connectivity index (χ4n) is 1.85. The van der Waals surface area contributed by atoms with E-state index in [1.165, 1.54) is 6.20 Å². The van der Waals surface area contributed by atoms with Gasteiger partial charge in [-0.3, -0.25) is 4.79 Å². The van der Waals surface area contributed by atoms with Crippen molar-refractivity contribution in [3.05, 3.63) is 45.7 Å². The predicted octanol–water partition coefficient (Wildman–Crippen LogP) is 2.22. The minimum absolute atomic E-state index is 0.103. The van der Waals surface area contributed by atoms with Gasteiger partial charge in [-0.15, -0.1) is 0 Å². The summed E-state index contributed by atoms with van der Waals surface area (Å²) in [5.41, 5.74) is 1.17. The molecule has 4 nitrogen and oxygen atoms in total. The molecule has 0 aliphatic carbocycles. The molecule has 19 heavy (non-hydrogen) atoms. The SMILES string of the molecule is CCc1ccc2[nH]cc(C(=O)OCC[18F])c(=O)c2c1. The lowest BCUT2D eigenvalue weighted by molar-refractivity contribution is 0.0479. The van der Waals surface area contributed by atoms with Crippen LogP contribution in [0.2, 0.25) is 0 Å². The zero-order valence-electron chi connectivity index (χ0n) is 10.5. The molecule has 0 aliphatic heterocycles. The summed E-state index contributed by atoms with van der Waals surface area (Å²) in [6.07, 6.45) is 2.10. The van der Waals surface area contributed by atoms with Crippen LogP contribution in [0.15, 0.2) is 29.2 Å². The van der Waals surface area contributed by atoms with Crippen LogP contribution in [0.25, 0.3) is 10.9 Å². The maximum Gasteiger partial charge on any atom is 0.343 e. The van der Waals surface area contributed by atoms with Gasteiger partial charge in [-0.25, -0.2) is 9.18 Å². The summed E-state index contributed by atoms with van der Waals surface area (Å²) in [7, 11) is 0.